The van der Waals surface area contributed by atoms with E-state index in [-0.39, 0.29) is 17.9 Å². The first kappa shape index (κ1) is 23.4. The molecule has 0 radical (unpaired) electrons. The van der Waals surface area contributed by atoms with E-state index in [1.165, 1.54) is 18.7 Å². The van der Waals surface area contributed by atoms with Crippen molar-refractivity contribution in [1.82, 2.24) is 19.4 Å². The molecule has 0 bridgehead atoms. The fourth-order valence-electron chi connectivity index (χ4n) is 4.75. The van der Waals surface area contributed by atoms with Crippen LogP contribution in [0.15, 0.2) is 30.7 Å². The molecule has 1 amide bonds. The van der Waals surface area contributed by atoms with Gasteiger partial charge in [-0.05, 0) is 64.2 Å². The number of rotatable bonds is 4. The number of carbonyl (C=O) groups excluding carboxylic acids is 1. The van der Waals surface area contributed by atoms with Crippen LogP contribution in [0.3, 0.4) is 0 Å². The molecule has 0 unspecified atom stereocenters. The van der Waals surface area contributed by atoms with E-state index in [0.29, 0.717) is 25.6 Å². The Balaban J connectivity index is 1.51. The Morgan fingerprint density at radius 1 is 1.17 bits per heavy atom. The summed E-state index contributed by atoms with van der Waals surface area (Å²) in [6.07, 6.45) is 5.66. The second kappa shape index (κ2) is 8.70. The highest BCUT2D eigenvalue weighted by Crippen LogP contribution is 2.46. The SMILES string of the molecule is COc1cc(-n2cc(C3CC3)c3c(N4CCN(C(=O)OC(C)(C)C)C[C@@H]4C)ncnc32)ccc1F. The molecule has 2 aliphatic rings. The van der Waals surface area contributed by atoms with Crippen LogP contribution in [0.1, 0.15) is 52.0 Å². The zero-order valence-electron chi connectivity index (χ0n) is 20.9. The number of hydrogen-bond acceptors (Lipinski definition) is 6. The summed E-state index contributed by atoms with van der Waals surface area (Å²) in [6, 6.07) is 4.89. The number of ether oxygens (including phenoxy) is 2. The predicted molar refractivity (Wildman–Crippen MR) is 132 cm³/mol. The topological polar surface area (TPSA) is 72.7 Å². The zero-order chi connectivity index (χ0) is 24.9. The van der Waals surface area contributed by atoms with Gasteiger partial charge in [0.1, 0.15) is 23.4 Å². The van der Waals surface area contributed by atoms with E-state index in [0.717, 1.165) is 35.4 Å². The largest absolute Gasteiger partial charge is 0.494 e. The zero-order valence-corrected chi connectivity index (χ0v) is 20.9. The van der Waals surface area contributed by atoms with Crippen LogP contribution in [0.4, 0.5) is 15.0 Å². The van der Waals surface area contributed by atoms with E-state index in [1.54, 1.807) is 23.4 Å². The third kappa shape index (κ3) is 4.51. The highest BCUT2D eigenvalue weighted by molar-refractivity contribution is 5.93. The molecule has 0 spiro atoms. The van der Waals surface area contributed by atoms with Crippen LogP contribution in [0, 0.1) is 5.82 Å². The Morgan fingerprint density at radius 2 is 1.94 bits per heavy atom. The average Bonchev–Trinajstić information content (AvgIpc) is 3.58. The lowest BCUT2D eigenvalue weighted by molar-refractivity contribution is 0.0218. The first-order chi connectivity index (χ1) is 16.7. The summed E-state index contributed by atoms with van der Waals surface area (Å²) in [5.74, 6) is 1.13. The highest BCUT2D eigenvalue weighted by Gasteiger charge is 2.34. The maximum Gasteiger partial charge on any atom is 0.410 e. The van der Waals surface area contributed by atoms with Crippen LogP contribution in [-0.4, -0.2) is 63.9 Å². The Labute approximate surface area is 204 Å². The van der Waals surface area contributed by atoms with Crippen molar-refractivity contribution in [3.8, 4) is 11.4 Å². The van der Waals surface area contributed by atoms with Crippen LogP contribution < -0.4 is 9.64 Å². The van der Waals surface area contributed by atoms with Crippen LogP contribution in [0.25, 0.3) is 16.7 Å². The van der Waals surface area contributed by atoms with Crippen molar-refractivity contribution >= 4 is 22.9 Å². The molecule has 1 atom stereocenters. The number of amides is 1. The van der Waals surface area contributed by atoms with Crippen LogP contribution in [0.2, 0.25) is 0 Å². The number of aromatic nitrogens is 3. The lowest BCUT2D eigenvalue weighted by Crippen LogP contribution is -2.54. The van der Waals surface area contributed by atoms with Crippen molar-refractivity contribution in [3.05, 3.63) is 42.1 Å². The van der Waals surface area contributed by atoms with Crippen LogP contribution >= 0.6 is 0 Å². The number of hydrogen-bond donors (Lipinski definition) is 0. The van der Waals surface area contributed by atoms with Gasteiger partial charge in [-0.2, -0.15) is 0 Å². The molecule has 1 saturated heterocycles. The van der Waals surface area contributed by atoms with Gasteiger partial charge < -0.3 is 23.8 Å². The van der Waals surface area contributed by atoms with Gasteiger partial charge in [0.15, 0.2) is 11.6 Å². The second-order valence-corrected chi connectivity index (χ2v) is 10.4. The first-order valence-electron chi connectivity index (χ1n) is 12.1. The second-order valence-electron chi connectivity index (χ2n) is 10.4. The third-order valence-corrected chi connectivity index (χ3v) is 6.57. The number of fused-ring (bicyclic) bond motifs is 1. The fraction of sp³-hybridized carbons (Fsp3) is 0.500. The summed E-state index contributed by atoms with van der Waals surface area (Å²) in [4.78, 5) is 26.0. The van der Waals surface area contributed by atoms with Gasteiger partial charge in [0, 0.05) is 37.9 Å². The van der Waals surface area contributed by atoms with Crippen molar-refractivity contribution in [1.29, 1.82) is 0 Å². The normalized spacial score (nSPS) is 18.7. The van der Waals surface area contributed by atoms with Crippen LogP contribution in [-0.2, 0) is 4.74 Å². The van der Waals surface area contributed by atoms with Gasteiger partial charge >= 0.3 is 6.09 Å². The van der Waals surface area contributed by atoms with Gasteiger partial charge in [-0.3, -0.25) is 0 Å². The number of methoxy groups -OCH3 is 1. The monoisotopic (exact) mass is 481 g/mol. The van der Waals surface area contributed by atoms with Gasteiger partial charge in [-0.15, -0.1) is 0 Å². The lowest BCUT2D eigenvalue weighted by atomic mass is 10.1. The molecule has 9 heteroatoms. The molecule has 2 aromatic heterocycles. The summed E-state index contributed by atoms with van der Waals surface area (Å²) in [6.45, 7) is 9.48. The molecule has 35 heavy (non-hydrogen) atoms. The maximum absolute atomic E-state index is 14.1. The van der Waals surface area contributed by atoms with Crippen molar-refractivity contribution in [3.63, 3.8) is 0 Å². The number of carbonyl (C=O) groups is 1. The Kier molecular flexibility index (Phi) is 5.81. The van der Waals surface area contributed by atoms with E-state index in [9.17, 15) is 9.18 Å². The molecule has 2 fully saturated rings. The molecule has 1 aliphatic heterocycles. The molecule has 186 valence electrons. The predicted octanol–water partition coefficient (Wildman–Crippen LogP) is 4.89. The van der Waals surface area contributed by atoms with E-state index < -0.39 is 11.4 Å². The summed E-state index contributed by atoms with van der Waals surface area (Å²) < 4.78 is 26.9. The molecule has 1 aromatic carbocycles. The molecule has 0 N–H and O–H groups in total. The third-order valence-electron chi connectivity index (χ3n) is 6.57. The van der Waals surface area contributed by atoms with Gasteiger partial charge in [0.25, 0.3) is 0 Å². The Bertz CT molecular complexity index is 1260. The minimum absolute atomic E-state index is 0.0516. The lowest BCUT2D eigenvalue weighted by Gasteiger charge is -2.41. The number of halogens is 1. The maximum atomic E-state index is 14.1. The first-order valence-corrected chi connectivity index (χ1v) is 12.1. The summed E-state index contributed by atoms with van der Waals surface area (Å²) >= 11 is 0. The molecule has 3 aromatic rings. The minimum atomic E-state index is -0.526. The van der Waals surface area contributed by atoms with E-state index in [2.05, 4.69) is 23.0 Å². The standard InChI is InChI=1S/C26H32FN5O3/c1-16-13-30(25(33)35-26(2,3)4)10-11-31(16)23-22-19(17-6-7-17)14-32(24(22)29-15-28-23)18-8-9-20(27)21(12-18)34-5/h8-9,12,14-17H,6-7,10-11,13H2,1-5H3/t16-/m0/s1. The number of anilines is 1. The van der Waals surface area contributed by atoms with Crippen molar-refractivity contribution in [2.75, 3.05) is 31.6 Å². The quantitative estimate of drug-likeness (QED) is 0.528. The minimum Gasteiger partial charge on any atom is -0.494 e. The Hall–Kier alpha value is -3.36. The fourth-order valence-corrected chi connectivity index (χ4v) is 4.75. The molecule has 5 rings (SSSR count). The summed E-state index contributed by atoms with van der Waals surface area (Å²) in [5, 5.41) is 1.02. The van der Waals surface area contributed by atoms with Crippen molar-refractivity contribution < 1.29 is 18.7 Å². The Morgan fingerprint density at radius 3 is 2.60 bits per heavy atom. The van der Waals surface area contributed by atoms with Gasteiger partial charge in [0.2, 0.25) is 0 Å². The van der Waals surface area contributed by atoms with Gasteiger partial charge in [-0.25, -0.2) is 19.2 Å². The molecule has 8 nitrogen and oxygen atoms in total. The van der Waals surface area contributed by atoms with Crippen LogP contribution in [0.5, 0.6) is 5.75 Å². The van der Waals surface area contributed by atoms with Gasteiger partial charge in [0.05, 0.1) is 18.2 Å². The number of nitrogens with zero attached hydrogens (tertiary/aromatic N) is 5. The smallest absolute Gasteiger partial charge is 0.410 e. The number of benzene rings is 1. The summed E-state index contributed by atoms with van der Waals surface area (Å²) in [5.41, 5.74) is 2.25. The molecule has 3 heterocycles. The molecule has 1 saturated carbocycles. The van der Waals surface area contributed by atoms with E-state index in [1.807, 2.05) is 25.3 Å². The molecule has 1 aliphatic carbocycles. The number of piperazine rings is 1. The highest BCUT2D eigenvalue weighted by atomic mass is 19.1. The molecular formula is C26H32FN5O3. The van der Waals surface area contributed by atoms with Crippen molar-refractivity contribution in [2.45, 2.75) is 58.1 Å². The average molecular weight is 482 g/mol. The molecular weight excluding hydrogens is 449 g/mol. The van der Waals surface area contributed by atoms with E-state index >= 15 is 0 Å². The van der Waals surface area contributed by atoms with Crippen molar-refractivity contribution in [2.24, 2.45) is 0 Å². The van der Waals surface area contributed by atoms with E-state index in [4.69, 9.17) is 14.5 Å². The summed E-state index contributed by atoms with van der Waals surface area (Å²) in [7, 11) is 1.46. The van der Waals surface area contributed by atoms with Gasteiger partial charge in [-0.1, -0.05) is 0 Å².